The van der Waals surface area contributed by atoms with Crippen LogP contribution in [-0.4, -0.2) is 43.8 Å². The minimum atomic E-state index is -4.08. The van der Waals surface area contributed by atoms with Crippen molar-refractivity contribution in [3.8, 4) is 0 Å². The predicted octanol–water partition coefficient (Wildman–Crippen LogP) is 5.22. The maximum Gasteiger partial charge on any atom is 0.264 e. The average Bonchev–Trinajstić information content (AvgIpc) is 2.92. The second-order valence-corrected chi connectivity index (χ2v) is 11.8. The van der Waals surface area contributed by atoms with E-state index in [1.165, 1.54) is 4.90 Å². The molecule has 0 saturated carbocycles. The van der Waals surface area contributed by atoms with E-state index in [9.17, 15) is 18.0 Å². The van der Waals surface area contributed by atoms with Crippen LogP contribution in [0.5, 0.6) is 0 Å². The number of carbonyl (C=O) groups is 2. The smallest absolute Gasteiger partial charge is 0.264 e. The minimum absolute atomic E-state index is 0.0501. The Morgan fingerprint density at radius 3 is 2.10 bits per heavy atom. The monoisotopic (exact) mass is 549 g/mol. The molecule has 39 heavy (non-hydrogen) atoms. The van der Waals surface area contributed by atoms with Crippen molar-refractivity contribution in [2.45, 2.75) is 71.0 Å². The van der Waals surface area contributed by atoms with E-state index in [0.717, 1.165) is 27.4 Å². The van der Waals surface area contributed by atoms with Gasteiger partial charge >= 0.3 is 0 Å². The standard InChI is InChI=1S/C31H39N3O4S/c1-6-25(5)32-31(36)29(7-2)33(21-26-13-9-8-10-14-26)30(35)22-34(27-15-11-12-24(4)20-27)39(37,38)28-18-16-23(3)17-19-28/h8-20,25,29H,6-7,21-22H2,1-5H3,(H,32,36). The van der Waals surface area contributed by atoms with Gasteiger partial charge < -0.3 is 10.2 Å². The lowest BCUT2D eigenvalue weighted by Crippen LogP contribution is -2.53. The van der Waals surface area contributed by atoms with Gasteiger partial charge in [0.25, 0.3) is 10.0 Å². The second-order valence-electron chi connectivity index (χ2n) is 9.91. The van der Waals surface area contributed by atoms with Gasteiger partial charge in [-0.15, -0.1) is 0 Å². The quantitative estimate of drug-likeness (QED) is 0.336. The molecule has 0 aliphatic heterocycles. The number of nitrogens with one attached hydrogen (secondary N) is 1. The van der Waals surface area contributed by atoms with Crippen LogP contribution in [0.25, 0.3) is 0 Å². The molecule has 0 radical (unpaired) electrons. The maximum absolute atomic E-state index is 14.0. The normalized spacial score (nSPS) is 12.8. The Balaban J connectivity index is 2.04. The molecule has 0 spiro atoms. The van der Waals surface area contributed by atoms with E-state index in [1.54, 1.807) is 42.5 Å². The zero-order chi connectivity index (χ0) is 28.6. The fourth-order valence-electron chi connectivity index (χ4n) is 4.29. The molecule has 2 unspecified atom stereocenters. The van der Waals surface area contributed by atoms with Gasteiger partial charge in [-0.1, -0.05) is 74.0 Å². The van der Waals surface area contributed by atoms with Gasteiger partial charge in [0.05, 0.1) is 10.6 Å². The largest absolute Gasteiger partial charge is 0.352 e. The Bertz CT molecular complexity index is 1360. The van der Waals surface area contributed by atoms with E-state index in [2.05, 4.69) is 5.32 Å². The van der Waals surface area contributed by atoms with Gasteiger partial charge in [0.2, 0.25) is 11.8 Å². The number of carbonyl (C=O) groups excluding carboxylic acids is 2. The number of benzene rings is 3. The summed E-state index contributed by atoms with van der Waals surface area (Å²) in [7, 11) is -4.08. The van der Waals surface area contributed by atoms with Gasteiger partial charge in [-0.25, -0.2) is 8.42 Å². The molecule has 2 atom stereocenters. The Morgan fingerprint density at radius 1 is 0.846 bits per heavy atom. The number of rotatable bonds is 12. The third-order valence-electron chi connectivity index (χ3n) is 6.76. The van der Waals surface area contributed by atoms with Gasteiger partial charge in [-0.05, 0) is 69.0 Å². The summed E-state index contributed by atoms with van der Waals surface area (Å²) in [6.45, 7) is 9.24. The van der Waals surface area contributed by atoms with Crippen LogP contribution in [-0.2, 0) is 26.2 Å². The fourth-order valence-corrected chi connectivity index (χ4v) is 5.70. The zero-order valence-electron chi connectivity index (χ0n) is 23.4. The summed E-state index contributed by atoms with van der Waals surface area (Å²) in [5.74, 6) is -0.707. The maximum atomic E-state index is 14.0. The van der Waals surface area contributed by atoms with Crippen molar-refractivity contribution in [1.82, 2.24) is 10.2 Å². The fraction of sp³-hybridized carbons (Fsp3) is 0.355. The molecule has 3 aromatic carbocycles. The van der Waals surface area contributed by atoms with E-state index < -0.39 is 28.5 Å². The Labute approximate surface area is 232 Å². The van der Waals surface area contributed by atoms with Crippen molar-refractivity contribution < 1.29 is 18.0 Å². The Morgan fingerprint density at radius 2 is 1.51 bits per heavy atom. The summed E-state index contributed by atoms with van der Waals surface area (Å²) in [5.41, 5.74) is 3.04. The molecule has 0 fully saturated rings. The van der Waals surface area contributed by atoms with Crippen LogP contribution in [0.1, 0.15) is 50.3 Å². The molecule has 8 heteroatoms. The lowest BCUT2D eigenvalue weighted by atomic mass is 10.1. The molecule has 208 valence electrons. The summed E-state index contributed by atoms with van der Waals surface area (Å²) in [6, 6.07) is 22.2. The highest BCUT2D eigenvalue weighted by Crippen LogP contribution is 2.26. The van der Waals surface area contributed by atoms with Crippen LogP contribution >= 0.6 is 0 Å². The number of sulfonamides is 1. The third kappa shape index (κ3) is 7.69. The van der Waals surface area contributed by atoms with Gasteiger partial charge in [-0.3, -0.25) is 13.9 Å². The first kappa shape index (κ1) is 29.9. The lowest BCUT2D eigenvalue weighted by Gasteiger charge is -2.33. The highest BCUT2D eigenvalue weighted by atomic mass is 32.2. The summed E-state index contributed by atoms with van der Waals surface area (Å²) < 4.78 is 29.0. The van der Waals surface area contributed by atoms with Gasteiger partial charge in [0, 0.05) is 12.6 Å². The first-order chi connectivity index (χ1) is 18.6. The first-order valence-corrected chi connectivity index (χ1v) is 14.8. The van der Waals surface area contributed by atoms with E-state index in [0.29, 0.717) is 12.1 Å². The Kier molecular flexibility index (Phi) is 10.3. The molecule has 3 rings (SSSR count). The zero-order valence-corrected chi connectivity index (χ0v) is 24.2. The van der Waals surface area contributed by atoms with Crippen LogP contribution in [0.15, 0.2) is 83.8 Å². The average molecular weight is 550 g/mol. The van der Waals surface area contributed by atoms with Crippen molar-refractivity contribution in [3.05, 3.63) is 95.6 Å². The van der Waals surface area contributed by atoms with Crippen molar-refractivity contribution in [2.75, 3.05) is 10.8 Å². The number of aryl methyl sites for hydroxylation is 2. The van der Waals surface area contributed by atoms with E-state index in [-0.39, 0.29) is 23.4 Å². The van der Waals surface area contributed by atoms with Gasteiger partial charge in [-0.2, -0.15) is 0 Å². The lowest BCUT2D eigenvalue weighted by molar-refractivity contribution is -0.140. The number of nitrogens with zero attached hydrogens (tertiary/aromatic N) is 2. The van der Waals surface area contributed by atoms with E-state index >= 15 is 0 Å². The number of amides is 2. The summed E-state index contributed by atoms with van der Waals surface area (Å²) >= 11 is 0. The second kappa shape index (κ2) is 13.4. The van der Waals surface area contributed by atoms with Crippen molar-refractivity contribution in [3.63, 3.8) is 0 Å². The molecule has 7 nitrogen and oxygen atoms in total. The van der Waals surface area contributed by atoms with Gasteiger partial charge in [0.1, 0.15) is 12.6 Å². The van der Waals surface area contributed by atoms with E-state index in [4.69, 9.17) is 0 Å². The van der Waals surface area contributed by atoms with Crippen LogP contribution in [0.4, 0.5) is 5.69 Å². The minimum Gasteiger partial charge on any atom is -0.352 e. The van der Waals surface area contributed by atoms with Crippen LogP contribution < -0.4 is 9.62 Å². The molecule has 0 aliphatic carbocycles. The molecular weight excluding hydrogens is 510 g/mol. The number of hydrogen-bond donors (Lipinski definition) is 1. The Hall–Kier alpha value is -3.65. The van der Waals surface area contributed by atoms with Crippen molar-refractivity contribution in [2.24, 2.45) is 0 Å². The predicted molar refractivity (Wildman–Crippen MR) is 156 cm³/mol. The molecule has 0 aromatic heterocycles. The van der Waals surface area contributed by atoms with E-state index in [1.807, 2.05) is 71.0 Å². The van der Waals surface area contributed by atoms with Crippen LogP contribution in [0.2, 0.25) is 0 Å². The summed E-state index contributed by atoms with van der Waals surface area (Å²) in [5, 5.41) is 2.99. The molecule has 2 amide bonds. The third-order valence-corrected chi connectivity index (χ3v) is 8.55. The number of hydrogen-bond acceptors (Lipinski definition) is 4. The molecule has 0 aliphatic rings. The first-order valence-electron chi connectivity index (χ1n) is 13.4. The highest BCUT2D eigenvalue weighted by Gasteiger charge is 2.34. The molecule has 0 bridgehead atoms. The highest BCUT2D eigenvalue weighted by molar-refractivity contribution is 7.92. The molecular formula is C31H39N3O4S. The van der Waals surface area contributed by atoms with Gasteiger partial charge in [0.15, 0.2) is 0 Å². The summed E-state index contributed by atoms with van der Waals surface area (Å²) in [6.07, 6.45) is 1.14. The topological polar surface area (TPSA) is 86.8 Å². The SMILES string of the molecule is CCC(C)NC(=O)C(CC)N(Cc1ccccc1)C(=O)CN(c1cccc(C)c1)S(=O)(=O)c1ccc(C)cc1. The molecule has 3 aromatic rings. The molecule has 0 saturated heterocycles. The van der Waals surface area contributed by atoms with Crippen LogP contribution in [0.3, 0.4) is 0 Å². The molecule has 0 heterocycles. The summed E-state index contributed by atoms with van der Waals surface area (Å²) in [4.78, 5) is 28.9. The molecule has 1 N–H and O–H groups in total. The van der Waals surface area contributed by atoms with Crippen molar-refractivity contribution >= 4 is 27.5 Å². The number of anilines is 1. The van der Waals surface area contributed by atoms with Crippen molar-refractivity contribution in [1.29, 1.82) is 0 Å². The van der Waals surface area contributed by atoms with Crippen LogP contribution in [0, 0.1) is 13.8 Å².